The molecule has 2 heterocycles. The Balaban J connectivity index is 1.27. The number of hydrogen-bond acceptors (Lipinski definition) is 6. The van der Waals surface area contributed by atoms with Gasteiger partial charge in [0.15, 0.2) is 0 Å². The minimum absolute atomic E-state index is 0.135. The van der Waals surface area contributed by atoms with Crippen LogP contribution >= 0.6 is 11.5 Å². The molecule has 3 aromatic carbocycles. The first-order chi connectivity index (χ1) is 18.0. The van der Waals surface area contributed by atoms with E-state index in [4.69, 9.17) is 4.98 Å². The number of aromatic nitrogens is 2. The summed E-state index contributed by atoms with van der Waals surface area (Å²) in [6, 6.07) is 27.2. The summed E-state index contributed by atoms with van der Waals surface area (Å²) in [5.41, 5.74) is 6.11. The fourth-order valence-corrected chi connectivity index (χ4v) is 5.39. The van der Waals surface area contributed by atoms with Crippen LogP contribution in [0.25, 0.3) is 0 Å². The second-order valence-corrected chi connectivity index (χ2v) is 10.4. The van der Waals surface area contributed by atoms with Crippen LogP contribution in [-0.4, -0.2) is 52.9 Å². The highest BCUT2D eigenvalue weighted by atomic mass is 32.1. The number of hydrogen-bond donors (Lipinski definition) is 0. The summed E-state index contributed by atoms with van der Waals surface area (Å²) in [6.07, 6.45) is 0.685. The zero-order valence-corrected chi connectivity index (χ0v) is 22.3. The molecule has 4 aromatic rings. The standard InChI is InChI=1S/C30H33N5OS/c1-23-12-14-25(15-13-23)20-28-31-30(37-32-28)35(21-26-9-4-3-5-10-26)22-29(36)34-18-16-33(17-19-34)27-11-7-6-8-24(27)2/h3-15H,16-22H2,1-2H3. The third kappa shape index (κ3) is 6.35. The minimum atomic E-state index is 0.135. The van der Waals surface area contributed by atoms with Gasteiger partial charge in [0.05, 0.1) is 6.54 Å². The Kier molecular flexibility index (Phi) is 7.80. The van der Waals surface area contributed by atoms with Gasteiger partial charge in [-0.3, -0.25) is 4.79 Å². The lowest BCUT2D eigenvalue weighted by molar-refractivity contribution is -0.130. The largest absolute Gasteiger partial charge is 0.368 e. The number of anilines is 2. The average Bonchev–Trinajstić information content (AvgIpc) is 3.39. The van der Waals surface area contributed by atoms with Crippen molar-refractivity contribution in [1.29, 1.82) is 0 Å². The second kappa shape index (κ2) is 11.6. The van der Waals surface area contributed by atoms with E-state index in [-0.39, 0.29) is 5.91 Å². The van der Waals surface area contributed by atoms with Crippen molar-refractivity contribution in [2.75, 3.05) is 42.5 Å². The number of amides is 1. The van der Waals surface area contributed by atoms with E-state index < -0.39 is 0 Å². The molecular weight excluding hydrogens is 478 g/mol. The van der Waals surface area contributed by atoms with Gasteiger partial charge in [-0.05, 0) is 36.6 Å². The van der Waals surface area contributed by atoms with E-state index in [0.29, 0.717) is 19.5 Å². The molecule has 0 bridgehead atoms. The number of para-hydroxylation sites is 1. The molecule has 7 heteroatoms. The van der Waals surface area contributed by atoms with Crippen LogP contribution in [0.4, 0.5) is 10.8 Å². The molecule has 0 N–H and O–H groups in total. The van der Waals surface area contributed by atoms with E-state index in [9.17, 15) is 4.79 Å². The molecule has 0 saturated carbocycles. The molecule has 0 atom stereocenters. The zero-order valence-electron chi connectivity index (χ0n) is 21.5. The highest BCUT2D eigenvalue weighted by Gasteiger charge is 2.25. The Morgan fingerprint density at radius 2 is 1.57 bits per heavy atom. The first-order valence-corrected chi connectivity index (χ1v) is 13.6. The van der Waals surface area contributed by atoms with Gasteiger partial charge in [-0.15, -0.1) is 0 Å². The van der Waals surface area contributed by atoms with Crippen LogP contribution in [0.15, 0.2) is 78.9 Å². The van der Waals surface area contributed by atoms with Crippen molar-refractivity contribution in [1.82, 2.24) is 14.3 Å². The zero-order chi connectivity index (χ0) is 25.6. The third-order valence-corrected chi connectivity index (χ3v) is 7.66. The van der Waals surface area contributed by atoms with Crippen LogP contribution in [0.1, 0.15) is 28.1 Å². The van der Waals surface area contributed by atoms with E-state index in [1.807, 2.05) is 23.1 Å². The summed E-state index contributed by atoms with van der Waals surface area (Å²) >= 11 is 1.37. The van der Waals surface area contributed by atoms with Crippen LogP contribution in [-0.2, 0) is 17.8 Å². The molecular formula is C30H33N5OS. The Labute approximate surface area is 223 Å². The highest BCUT2D eigenvalue weighted by Crippen LogP contribution is 2.23. The molecule has 6 nitrogen and oxygen atoms in total. The molecule has 0 unspecified atom stereocenters. The third-order valence-electron chi connectivity index (χ3n) is 6.84. The first-order valence-electron chi connectivity index (χ1n) is 12.8. The maximum atomic E-state index is 13.4. The van der Waals surface area contributed by atoms with Gasteiger partial charge >= 0.3 is 0 Å². The molecule has 37 heavy (non-hydrogen) atoms. The van der Waals surface area contributed by atoms with Gasteiger partial charge in [-0.2, -0.15) is 4.37 Å². The van der Waals surface area contributed by atoms with E-state index in [1.54, 1.807) is 0 Å². The van der Waals surface area contributed by atoms with Crippen molar-refractivity contribution in [3.8, 4) is 0 Å². The number of benzene rings is 3. The van der Waals surface area contributed by atoms with Crippen molar-refractivity contribution in [3.05, 3.63) is 107 Å². The van der Waals surface area contributed by atoms with Crippen molar-refractivity contribution in [3.63, 3.8) is 0 Å². The summed E-state index contributed by atoms with van der Waals surface area (Å²) in [6.45, 7) is 8.27. The fourth-order valence-electron chi connectivity index (χ4n) is 4.71. The van der Waals surface area contributed by atoms with E-state index in [0.717, 1.165) is 42.7 Å². The van der Waals surface area contributed by atoms with E-state index >= 15 is 0 Å². The maximum absolute atomic E-state index is 13.4. The number of carbonyl (C=O) groups is 1. The molecule has 1 saturated heterocycles. The monoisotopic (exact) mass is 511 g/mol. The Hall–Kier alpha value is -3.71. The smallest absolute Gasteiger partial charge is 0.242 e. The molecule has 0 aliphatic carbocycles. The fraction of sp³-hybridized carbons (Fsp3) is 0.300. The van der Waals surface area contributed by atoms with Crippen LogP contribution in [0.3, 0.4) is 0 Å². The molecule has 0 spiro atoms. The Morgan fingerprint density at radius 3 is 2.30 bits per heavy atom. The van der Waals surface area contributed by atoms with Gasteiger partial charge in [-0.25, -0.2) is 4.98 Å². The Bertz CT molecular complexity index is 1310. The minimum Gasteiger partial charge on any atom is -0.368 e. The van der Waals surface area contributed by atoms with Crippen LogP contribution in [0.2, 0.25) is 0 Å². The number of aryl methyl sites for hydroxylation is 2. The highest BCUT2D eigenvalue weighted by molar-refractivity contribution is 7.09. The van der Waals surface area contributed by atoms with Crippen LogP contribution in [0, 0.1) is 13.8 Å². The molecule has 0 radical (unpaired) electrons. The van der Waals surface area contributed by atoms with E-state index in [1.165, 1.54) is 33.9 Å². The number of piperazine rings is 1. The molecule has 5 rings (SSSR count). The molecule has 1 aromatic heterocycles. The number of carbonyl (C=O) groups excluding carboxylic acids is 1. The summed E-state index contributed by atoms with van der Waals surface area (Å²) in [7, 11) is 0. The lowest BCUT2D eigenvalue weighted by Crippen LogP contribution is -2.51. The van der Waals surface area contributed by atoms with Gasteiger partial charge in [-0.1, -0.05) is 78.4 Å². The van der Waals surface area contributed by atoms with Gasteiger partial charge in [0.25, 0.3) is 0 Å². The summed E-state index contributed by atoms with van der Waals surface area (Å²) in [5, 5.41) is 0.790. The van der Waals surface area contributed by atoms with Crippen LogP contribution < -0.4 is 9.80 Å². The molecule has 190 valence electrons. The van der Waals surface area contributed by atoms with Gasteiger partial charge in [0.2, 0.25) is 11.0 Å². The second-order valence-electron chi connectivity index (χ2n) is 9.65. The summed E-state index contributed by atoms with van der Waals surface area (Å²) in [5.74, 6) is 0.928. The van der Waals surface area contributed by atoms with Gasteiger partial charge < -0.3 is 14.7 Å². The van der Waals surface area contributed by atoms with E-state index in [2.05, 4.69) is 88.7 Å². The van der Waals surface area contributed by atoms with Crippen molar-refractivity contribution in [2.45, 2.75) is 26.8 Å². The Morgan fingerprint density at radius 1 is 0.865 bits per heavy atom. The first kappa shape index (κ1) is 25.0. The molecule has 1 aliphatic heterocycles. The van der Waals surface area contributed by atoms with Crippen molar-refractivity contribution >= 4 is 28.3 Å². The lowest BCUT2D eigenvalue weighted by atomic mass is 10.1. The predicted octanol–water partition coefficient (Wildman–Crippen LogP) is 5.10. The summed E-state index contributed by atoms with van der Waals surface area (Å²) < 4.78 is 4.63. The quantitative estimate of drug-likeness (QED) is 0.329. The maximum Gasteiger partial charge on any atom is 0.242 e. The lowest BCUT2D eigenvalue weighted by Gasteiger charge is -2.37. The van der Waals surface area contributed by atoms with Crippen LogP contribution in [0.5, 0.6) is 0 Å². The summed E-state index contributed by atoms with van der Waals surface area (Å²) in [4.78, 5) is 24.7. The molecule has 1 amide bonds. The number of rotatable bonds is 8. The predicted molar refractivity (Wildman–Crippen MR) is 151 cm³/mol. The molecule has 1 aliphatic rings. The van der Waals surface area contributed by atoms with Crippen molar-refractivity contribution < 1.29 is 4.79 Å². The van der Waals surface area contributed by atoms with Gasteiger partial charge in [0, 0.05) is 56.4 Å². The van der Waals surface area contributed by atoms with Gasteiger partial charge in [0.1, 0.15) is 5.82 Å². The van der Waals surface area contributed by atoms with Crippen molar-refractivity contribution in [2.24, 2.45) is 0 Å². The SMILES string of the molecule is Cc1ccc(Cc2nsc(N(CC(=O)N3CCN(c4ccccc4C)CC3)Cc3ccccc3)n2)cc1. The topological polar surface area (TPSA) is 52.6 Å². The normalized spacial score (nSPS) is 13.6. The average molecular weight is 512 g/mol. The number of nitrogens with zero attached hydrogens (tertiary/aromatic N) is 5. The molecule has 1 fully saturated rings.